The van der Waals surface area contributed by atoms with Crippen LogP contribution in [0.25, 0.3) is 10.9 Å². The molecule has 0 radical (unpaired) electrons. The predicted octanol–water partition coefficient (Wildman–Crippen LogP) is 2.33. The maximum absolute atomic E-state index is 12.7. The molecule has 1 aliphatic rings. The maximum Gasteiger partial charge on any atom is 0.255 e. The highest BCUT2D eigenvalue weighted by atomic mass is 19.3. The summed E-state index contributed by atoms with van der Waals surface area (Å²) in [5.41, 5.74) is 7.17. The van der Waals surface area contributed by atoms with Gasteiger partial charge in [-0.05, 0) is 18.2 Å². The van der Waals surface area contributed by atoms with Gasteiger partial charge in [0.15, 0.2) is 0 Å². The van der Waals surface area contributed by atoms with Crippen molar-refractivity contribution < 1.29 is 13.5 Å². The summed E-state index contributed by atoms with van der Waals surface area (Å²) >= 11 is 0. The van der Waals surface area contributed by atoms with Crippen molar-refractivity contribution in [3.8, 4) is 5.88 Å². The number of nitrogen functional groups attached to an aromatic ring is 1. The van der Waals surface area contributed by atoms with E-state index in [1.807, 2.05) is 6.07 Å². The molecule has 0 amide bonds. The predicted molar refractivity (Wildman–Crippen MR) is 63.7 cm³/mol. The van der Waals surface area contributed by atoms with Crippen LogP contribution in [0, 0.1) is 0 Å². The van der Waals surface area contributed by atoms with Gasteiger partial charge in [0, 0.05) is 25.6 Å². The van der Waals surface area contributed by atoms with Crippen LogP contribution in [-0.4, -0.2) is 21.8 Å². The fourth-order valence-electron chi connectivity index (χ4n) is 2.19. The molecule has 96 valence electrons. The molecule has 1 aliphatic carbocycles. The van der Waals surface area contributed by atoms with Crippen LogP contribution in [0.3, 0.4) is 0 Å². The first-order valence-corrected chi connectivity index (χ1v) is 5.71. The highest BCUT2D eigenvalue weighted by Crippen LogP contribution is 2.40. The molecule has 0 saturated heterocycles. The van der Waals surface area contributed by atoms with Crippen molar-refractivity contribution in [2.75, 3.05) is 5.73 Å². The molecule has 3 rings (SSSR count). The highest BCUT2D eigenvalue weighted by molar-refractivity contribution is 5.87. The summed E-state index contributed by atoms with van der Waals surface area (Å²) in [5, 5.41) is 4.95. The number of rotatable bonds is 2. The molecule has 1 saturated carbocycles. The van der Waals surface area contributed by atoms with Crippen molar-refractivity contribution in [2.24, 2.45) is 7.05 Å². The van der Waals surface area contributed by atoms with Crippen molar-refractivity contribution in [1.29, 1.82) is 0 Å². The van der Waals surface area contributed by atoms with Crippen molar-refractivity contribution in [1.82, 2.24) is 9.78 Å². The first-order chi connectivity index (χ1) is 8.44. The van der Waals surface area contributed by atoms with Gasteiger partial charge in [-0.15, -0.1) is 5.10 Å². The van der Waals surface area contributed by atoms with Crippen molar-refractivity contribution >= 4 is 16.6 Å². The minimum Gasteiger partial charge on any atom is -0.472 e. The van der Waals surface area contributed by atoms with Crippen LogP contribution in [-0.2, 0) is 7.05 Å². The summed E-state index contributed by atoms with van der Waals surface area (Å²) in [6.45, 7) is 0. The van der Waals surface area contributed by atoms with Gasteiger partial charge in [-0.2, -0.15) is 0 Å². The number of benzene rings is 1. The quantitative estimate of drug-likeness (QED) is 0.836. The summed E-state index contributed by atoms with van der Waals surface area (Å²) in [5.74, 6) is -2.21. The molecular weight excluding hydrogens is 240 g/mol. The smallest absolute Gasteiger partial charge is 0.255 e. The zero-order chi connectivity index (χ0) is 12.9. The van der Waals surface area contributed by atoms with Crippen LogP contribution < -0.4 is 10.5 Å². The zero-order valence-electron chi connectivity index (χ0n) is 9.86. The molecule has 1 aromatic heterocycles. The van der Waals surface area contributed by atoms with Crippen molar-refractivity contribution in [2.45, 2.75) is 24.9 Å². The Balaban J connectivity index is 1.90. The Morgan fingerprint density at radius 3 is 2.83 bits per heavy atom. The van der Waals surface area contributed by atoms with Gasteiger partial charge in [0.1, 0.15) is 6.10 Å². The van der Waals surface area contributed by atoms with E-state index in [2.05, 4.69) is 5.10 Å². The third kappa shape index (κ3) is 1.77. The van der Waals surface area contributed by atoms with Gasteiger partial charge in [0.25, 0.3) is 5.92 Å². The molecule has 0 atom stereocenters. The van der Waals surface area contributed by atoms with Crippen LogP contribution in [0.2, 0.25) is 0 Å². The zero-order valence-corrected chi connectivity index (χ0v) is 9.86. The third-order valence-electron chi connectivity index (χ3n) is 3.17. The number of halogens is 2. The number of fused-ring (bicyclic) bond motifs is 1. The van der Waals surface area contributed by atoms with E-state index in [4.69, 9.17) is 10.5 Å². The van der Waals surface area contributed by atoms with Gasteiger partial charge in [-0.1, -0.05) is 0 Å². The minimum atomic E-state index is -2.59. The van der Waals surface area contributed by atoms with E-state index in [0.717, 1.165) is 10.9 Å². The topological polar surface area (TPSA) is 53.1 Å². The van der Waals surface area contributed by atoms with Gasteiger partial charge in [0.05, 0.1) is 10.9 Å². The largest absolute Gasteiger partial charge is 0.472 e. The standard InChI is InChI=1S/C12H13F2N3O/c1-17-10-3-2-7(15)4-9(10)11(16-17)18-8-5-12(13,14)6-8/h2-4,8H,5-6,15H2,1H3. The second-order valence-electron chi connectivity index (χ2n) is 4.71. The first-order valence-electron chi connectivity index (χ1n) is 5.71. The average molecular weight is 253 g/mol. The molecule has 2 aromatic rings. The Labute approximate surface area is 102 Å². The third-order valence-corrected chi connectivity index (χ3v) is 3.17. The Kier molecular flexibility index (Phi) is 2.23. The molecule has 2 N–H and O–H groups in total. The summed E-state index contributed by atoms with van der Waals surface area (Å²) < 4.78 is 32.7. The lowest BCUT2D eigenvalue weighted by molar-refractivity contribution is -0.135. The lowest BCUT2D eigenvalue weighted by atomic mass is 9.91. The molecule has 0 spiro atoms. The minimum absolute atomic E-state index is 0.243. The highest BCUT2D eigenvalue weighted by Gasteiger charge is 2.47. The maximum atomic E-state index is 12.7. The molecule has 6 heteroatoms. The van der Waals surface area contributed by atoms with E-state index in [1.54, 1.807) is 23.9 Å². The lowest BCUT2D eigenvalue weighted by Gasteiger charge is -2.34. The fourth-order valence-corrected chi connectivity index (χ4v) is 2.19. The lowest BCUT2D eigenvalue weighted by Crippen LogP contribution is -2.43. The van der Waals surface area contributed by atoms with E-state index in [9.17, 15) is 8.78 Å². The Morgan fingerprint density at radius 2 is 2.17 bits per heavy atom. The summed E-state index contributed by atoms with van der Waals surface area (Å²) in [6.07, 6.45) is -0.944. The Hall–Kier alpha value is -1.85. The number of hydrogen-bond acceptors (Lipinski definition) is 3. The van der Waals surface area contributed by atoms with E-state index < -0.39 is 12.0 Å². The Bertz CT molecular complexity index is 601. The molecule has 0 unspecified atom stereocenters. The van der Waals surface area contributed by atoms with Gasteiger partial charge in [0.2, 0.25) is 5.88 Å². The fraction of sp³-hybridized carbons (Fsp3) is 0.417. The van der Waals surface area contributed by atoms with Crippen LogP contribution in [0.4, 0.5) is 14.5 Å². The molecular formula is C12H13F2N3O. The number of hydrogen-bond donors (Lipinski definition) is 1. The number of aryl methyl sites for hydroxylation is 1. The monoisotopic (exact) mass is 253 g/mol. The van der Waals surface area contributed by atoms with Crippen molar-refractivity contribution in [3.63, 3.8) is 0 Å². The van der Waals surface area contributed by atoms with Crippen LogP contribution in [0.1, 0.15) is 12.8 Å². The van der Waals surface area contributed by atoms with Gasteiger partial charge in [-0.3, -0.25) is 4.68 Å². The number of ether oxygens (including phenoxy) is 1. The van der Waals surface area contributed by atoms with E-state index >= 15 is 0 Å². The summed E-state index contributed by atoms with van der Waals surface area (Å²) in [6, 6.07) is 5.35. The van der Waals surface area contributed by atoms with Gasteiger partial charge < -0.3 is 10.5 Å². The summed E-state index contributed by atoms with van der Waals surface area (Å²) in [7, 11) is 1.78. The second kappa shape index (κ2) is 3.57. The van der Waals surface area contributed by atoms with Crippen LogP contribution in [0.5, 0.6) is 5.88 Å². The van der Waals surface area contributed by atoms with E-state index in [1.165, 1.54) is 0 Å². The normalized spacial score (nSPS) is 18.8. The van der Waals surface area contributed by atoms with Crippen LogP contribution >= 0.6 is 0 Å². The Morgan fingerprint density at radius 1 is 1.44 bits per heavy atom. The molecule has 18 heavy (non-hydrogen) atoms. The second-order valence-corrected chi connectivity index (χ2v) is 4.71. The molecule has 0 aliphatic heterocycles. The van der Waals surface area contributed by atoms with E-state index in [0.29, 0.717) is 11.6 Å². The molecule has 1 aromatic carbocycles. The average Bonchev–Trinajstić information content (AvgIpc) is 2.53. The first kappa shape index (κ1) is 11.3. The molecule has 1 fully saturated rings. The van der Waals surface area contributed by atoms with Crippen LogP contribution in [0.15, 0.2) is 18.2 Å². The van der Waals surface area contributed by atoms with E-state index in [-0.39, 0.29) is 12.8 Å². The van der Waals surface area contributed by atoms with Gasteiger partial charge in [-0.25, -0.2) is 8.78 Å². The number of nitrogens with two attached hydrogens (primary N) is 1. The summed E-state index contributed by atoms with van der Waals surface area (Å²) in [4.78, 5) is 0. The molecule has 0 bridgehead atoms. The molecule has 1 heterocycles. The SMILES string of the molecule is Cn1nc(OC2CC(F)(F)C2)c2cc(N)ccc21. The van der Waals surface area contributed by atoms with Gasteiger partial charge >= 0.3 is 0 Å². The molecule has 4 nitrogen and oxygen atoms in total. The van der Waals surface area contributed by atoms with Crippen molar-refractivity contribution in [3.05, 3.63) is 18.2 Å². The number of nitrogens with zero attached hydrogens (tertiary/aromatic N) is 2. The number of alkyl halides is 2. The number of aromatic nitrogens is 2. The number of anilines is 1.